The van der Waals surface area contributed by atoms with Gasteiger partial charge >= 0.3 is 5.97 Å². The summed E-state index contributed by atoms with van der Waals surface area (Å²) in [5.41, 5.74) is 1.89. The zero-order valence-electron chi connectivity index (χ0n) is 18.3. The first-order valence-electron chi connectivity index (χ1n) is 10.7. The lowest BCUT2D eigenvalue weighted by molar-refractivity contribution is -0.149. The number of piperidine rings is 1. The third kappa shape index (κ3) is 8.49. The van der Waals surface area contributed by atoms with Gasteiger partial charge in [0.05, 0.1) is 19.1 Å². The summed E-state index contributed by atoms with van der Waals surface area (Å²) in [5.74, 6) is 0.818. The van der Waals surface area contributed by atoms with Crippen molar-refractivity contribution in [2.24, 2.45) is 10.9 Å². The lowest BCUT2D eigenvalue weighted by Crippen LogP contribution is -2.46. The number of esters is 1. The van der Waals surface area contributed by atoms with Crippen LogP contribution in [0.5, 0.6) is 0 Å². The van der Waals surface area contributed by atoms with E-state index in [1.165, 1.54) is 0 Å². The van der Waals surface area contributed by atoms with Crippen molar-refractivity contribution >= 4 is 47.5 Å². The maximum Gasteiger partial charge on any atom is 0.309 e. The van der Waals surface area contributed by atoms with Crippen molar-refractivity contribution in [2.75, 3.05) is 31.6 Å². The van der Waals surface area contributed by atoms with Crippen molar-refractivity contribution in [3.63, 3.8) is 0 Å². The normalized spacial score (nSPS) is 14.6. The maximum absolute atomic E-state index is 11.9. The summed E-state index contributed by atoms with van der Waals surface area (Å²) in [5, 5.41) is 6.24. The van der Waals surface area contributed by atoms with Gasteiger partial charge in [0.1, 0.15) is 0 Å². The molecule has 0 bridgehead atoms. The predicted molar refractivity (Wildman–Crippen MR) is 131 cm³/mol. The fraction of sp³-hybridized carbons (Fsp3) is 0.591. The van der Waals surface area contributed by atoms with Crippen molar-refractivity contribution in [1.82, 2.24) is 10.2 Å². The second-order valence-electron chi connectivity index (χ2n) is 7.18. The highest BCUT2D eigenvalue weighted by Gasteiger charge is 2.27. The number of nitrogens with one attached hydrogen (secondary N) is 2. The van der Waals surface area contributed by atoms with E-state index in [9.17, 15) is 9.59 Å². The highest BCUT2D eigenvalue weighted by atomic mass is 127. The summed E-state index contributed by atoms with van der Waals surface area (Å²) in [6.45, 7) is 9.24. The van der Waals surface area contributed by atoms with Gasteiger partial charge in [-0.3, -0.25) is 9.59 Å². The molecule has 0 radical (unpaired) electrons. The van der Waals surface area contributed by atoms with Gasteiger partial charge in [-0.25, -0.2) is 4.99 Å². The Hall–Kier alpha value is -1.84. The summed E-state index contributed by atoms with van der Waals surface area (Å²) >= 11 is 0. The minimum atomic E-state index is -0.0831. The largest absolute Gasteiger partial charge is 0.466 e. The molecular formula is C22H35IN4O3. The molecule has 8 heteroatoms. The highest BCUT2D eigenvalue weighted by molar-refractivity contribution is 14.0. The Morgan fingerprint density at radius 2 is 1.80 bits per heavy atom. The smallest absolute Gasteiger partial charge is 0.309 e. The molecule has 1 aromatic rings. The number of aliphatic imine (C=N–C) groups is 1. The lowest BCUT2D eigenvalue weighted by Gasteiger charge is -2.33. The van der Waals surface area contributed by atoms with Crippen LogP contribution in [-0.2, 0) is 20.9 Å². The SMILES string of the molecule is CCCC(=O)Nc1ccc(CN=C(NCC)N2CCC(C(=O)OCC)CC2)cc1.I. The van der Waals surface area contributed by atoms with Crippen LogP contribution < -0.4 is 10.6 Å². The number of carbonyl (C=O) groups is 2. The van der Waals surface area contributed by atoms with E-state index in [1.54, 1.807) is 0 Å². The molecule has 0 saturated carbocycles. The first kappa shape index (κ1) is 26.2. The molecule has 1 aliphatic rings. The van der Waals surface area contributed by atoms with Crippen molar-refractivity contribution in [2.45, 2.75) is 53.0 Å². The Balaban J connectivity index is 0.00000450. The molecule has 1 aromatic carbocycles. The monoisotopic (exact) mass is 530 g/mol. The van der Waals surface area contributed by atoms with Gasteiger partial charge in [-0.2, -0.15) is 0 Å². The van der Waals surface area contributed by atoms with E-state index >= 15 is 0 Å². The molecule has 2 N–H and O–H groups in total. The average molecular weight is 530 g/mol. The number of halogens is 1. The van der Waals surface area contributed by atoms with E-state index in [2.05, 4.69) is 22.5 Å². The number of likely N-dealkylation sites (tertiary alicyclic amines) is 1. The molecule has 1 saturated heterocycles. The Labute approximate surface area is 197 Å². The molecule has 1 amide bonds. The molecule has 0 aromatic heterocycles. The number of hydrogen-bond donors (Lipinski definition) is 2. The zero-order chi connectivity index (χ0) is 21.1. The quantitative estimate of drug-likeness (QED) is 0.231. The number of amides is 1. The number of carbonyl (C=O) groups excluding carboxylic acids is 2. The van der Waals surface area contributed by atoms with E-state index in [1.807, 2.05) is 38.1 Å². The molecular weight excluding hydrogens is 495 g/mol. The van der Waals surface area contributed by atoms with Crippen molar-refractivity contribution in [3.05, 3.63) is 29.8 Å². The summed E-state index contributed by atoms with van der Waals surface area (Å²) in [4.78, 5) is 30.6. The molecule has 7 nitrogen and oxygen atoms in total. The number of ether oxygens (including phenoxy) is 1. The Morgan fingerprint density at radius 3 is 2.37 bits per heavy atom. The van der Waals surface area contributed by atoms with Gasteiger partial charge in [-0.05, 0) is 50.8 Å². The van der Waals surface area contributed by atoms with Crippen molar-refractivity contribution < 1.29 is 14.3 Å². The van der Waals surface area contributed by atoms with Gasteiger partial charge in [0.15, 0.2) is 5.96 Å². The standard InChI is InChI=1S/C22H34N4O3.HI/c1-4-7-20(27)25-19-10-8-17(9-11-19)16-24-22(23-5-2)26-14-12-18(13-15-26)21(28)29-6-3;/h8-11,18H,4-7,12-16H2,1-3H3,(H,23,24)(H,25,27);1H. The van der Waals surface area contributed by atoms with Crippen molar-refractivity contribution in [3.8, 4) is 0 Å². The Bertz CT molecular complexity index is 686. The zero-order valence-corrected chi connectivity index (χ0v) is 20.6. The fourth-order valence-electron chi connectivity index (χ4n) is 3.32. The van der Waals surface area contributed by atoms with Crippen LogP contribution in [-0.4, -0.2) is 49.0 Å². The Kier molecular flexibility index (Phi) is 12.4. The molecule has 0 aliphatic carbocycles. The average Bonchev–Trinajstić information content (AvgIpc) is 2.72. The third-order valence-corrected chi connectivity index (χ3v) is 4.88. The van der Waals surface area contributed by atoms with Crippen LogP contribution in [0.15, 0.2) is 29.3 Å². The van der Waals surface area contributed by atoms with Crippen LogP contribution in [0, 0.1) is 5.92 Å². The van der Waals surface area contributed by atoms with Crippen molar-refractivity contribution in [1.29, 1.82) is 0 Å². The molecule has 0 unspecified atom stereocenters. The van der Waals surface area contributed by atoms with Gasteiger partial charge in [0, 0.05) is 31.7 Å². The minimum absolute atomic E-state index is 0. The van der Waals surface area contributed by atoms with Gasteiger partial charge < -0.3 is 20.3 Å². The molecule has 1 fully saturated rings. The molecule has 0 spiro atoms. The molecule has 1 heterocycles. The number of rotatable bonds is 8. The number of guanidine groups is 1. The second-order valence-corrected chi connectivity index (χ2v) is 7.18. The summed E-state index contributed by atoms with van der Waals surface area (Å²) in [6, 6.07) is 7.80. The number of hydrogen-bond acceptors (Lipinski definition) is 4. The number of anilines is 1. The first-order chi connectivity index (χ1) is 14.1. The highest BCUT2D eigenvalue weighted by Crippen LogP contribution is 2.19. The maximum atomic E-state index is 11.9. The van der Waals surface area contributed by atoms with E-state index in [4.69, 9.17) is 9.73 Å². The number of nitrogens with zero attached hydrogens (tertiary/aromatic N) is 2. The first-order valence-corrected chi connectivity index (χ1v) is 10.7. The number of benzene rings is 1. The minimum Gasteiger partial charge on any atom is -0.466 e. The summed E-state index contributed by atoms with van der Waals surface area (Å²) in [6.07, 6.45) is 2.94. The molecule has 2 rings (SSSR count). The summed E-state index contributed by atoms with van der Waals surface area (Å²) in [7, 11) is 0. The van der Waals surface area contributed by atoms with Gasteiger partial charge in [-0.15, -0.1) is 24.0 Å². The van der Waals surface area contributed by atoms with Crippen LogP contribution in [0.25, 0.3) is 0 Å². The molecule has 0 atom stereocenters. The second kappa shape index (κ2) is 14.2. The predicted octanol–water partition coefficient (Wildman–Crippen LogP) is 3.78. The molecule has 1 aliphatic heterocycles. The molecule has 168 valence electrons. The van der Waals surface area contributed by atoms with Crippen LogP contribution in [0.1, 0.15) is 52.0 Å². The topological polar surface area (TPSA) is 83.0 Å². The van der Waals surface area contributed by atoms with E-state index < -0.39 is 0 Å². The van der Waals surface area contributed by atoms with E-state index in [0.29, 0.717) is 19.6 Å². The third-order valence-electron chi connectivity index (χ3n) is 4.88. The van der Waals surface area contributed by atoms with Crippen LogP contribution in [0.2, 0.25) is 0 Å². The Morgan fingerprint density at radius 1 is 1.13 bits per heavy atom. The van der Waals surface area contributed by atoms with Crippen LogP contribution >= 0.6 is 24.0 Å². The van der Waals surface area contributed by atoms with Crippen LogP contribution in [0.4, 0.5) is 5.69 Å². The lowest BCUT2D eigenvalue weighted by atomic mass is 9.97. The van der Waals surface area contributed by atoms with Gasteiger partial charge in [0.2, 0.25) is 5.91 Å². The van der Waals surface area contributed by atoms with Crippen LogP contribution in [0.3, 0.4) is 0 Å². The van der Waals surface area contributed by atoms with Gasteiger partial charge in [-0.1, -0.05) is 19.1 Å². The van der Waals surface area contributed by atoms with E-state index in [-0.39, 0.29) is 41.8 Å². The molecule has 30 heavy (non-hydrogen) atoms. The van der Waals surface area contributed by atoms with Gasteiger partial charge in [0.25, 0.3) is 0 Å². The fourth-order valence-corrected chi connectivity index (χ4v) is 3.32. The summed E-state index contributed by atoms with van der Waals surface area (Å²) < 4.78 is 5.15. The van der Waals surface area contributed by atoms with E-state index in [0.717, 1.165) is 56.1 Å².